The van der Waals surface area contributed by atoms with Crippen LogP contribution in [0.2, 0.25) is 0 Å². The lowest BCUT2D eigenvalue weighted by Gasteiger charge is -2.36. The maximum Gasteiger partial charge on any atom is 0.351 e. The quantitative estimate of drug-likeness (QED) is 0.0221. The first-order chi connectivity index (χ1) is 51.2. The molecule has 10 N–H and O–H groups in total. The zero-order valence-corrected chi connectivity index (χ0v) is 67.2. The smallest absolute Gasteiger partial charge is 0.351 e. The van der Waals surface area contributed by atoms with Crippen molar-refractivity contribution in [2.24, 2.45) is 11.8 Å². The summed E-state index contributed by atoms with van der Waals surface area (Å²) in [5.74, 6) is -0.793. The summed E-state index contributed by atoms with van der Waals surface area (Å²) >= 11 is 33.2. The largest absolute Gasteiger partial charge is 0.780 e. The summed E-state index contributed by atoms with van der Waals surface area (Å²) in [4.78, 5) is 162. The van der Waals surface area contributed by atoms with E-state index in [0.717, 1.165) is 9.13 Å². The lowest BCUT2D eigenvalue weighted by Crippen LogP contribution is -2.33. The molecule has 7 aromatic rings. The molecule has 0 bridgehead atoms. The fourth-order valence-electron chi connectivity index (χ4n) is 12.8. The number of aryl methyl sites for hydroxylation is 2. The van der Waals surface area contributed by atoms with Crippen molar-refractivity contribution in [1.82, 2.24) is 67.7 Å². The van der Waals surface area contributed by atoms with Crippen LogP contribution in [0.4, 0.5) is 17.7 Å². The Morgan fingerprint density at radius 1 is 0.523 bits per heavy atom. The molecule has 5 saturated heterocycles. The average Bonchev–Trinajstić information content (AvgIpc) is 1.76. The fourth-order valence-corrected chi connectivity index (χ4v) is 20.7. The minimum Gasteiger partial charge on any atom is -0.780 e. The van der Waals surface area contributed by atoms with Crippen LogP contribution in [-0.2, 0) is 145 Å². The second-order valence-corrected chi connectivity index (χ2v) is 42.0. The minimum absolute atomic E-state index is 0.0127. The normalized spacial score (nSPS) is 28.8. The van der Waals surface area contributed by atoms with Crippen molar-refractivity contribution in [2.75, 3.05) is 50.2 Å². The first-order valence-electron chi connectivity index (χ1n) is 33.1. The standard InChI is InChI=1S/C55H76N17O26P5S6/c1-23(2)27-9-38(68-8-7-37(56)61-53(68)77)89-32(27)16-84-100(81,105)96-29-11-40(70-15-26(6)48(74)67-55(70)79)91-36(29)20-88-103(108,109)98-31-13-42(72-22-60-44-46(72)63-52(58)65-50(44)76)93-35(31)19-87-102(83,107)95-28-10-39(69-14-25(5)47(73)66-54(69)78)90-33(28)18-86-101(82,106)97-30-12-41(92-34(30)17-85-99(80,104)94-24(3)4)71-21-59-43-45(71)62-51(57)64-49(43)75/h7-8,14-15,21-24,27-36,38-42H,9-13,16-20H2,1-6H3,(H,80,104)(H,81,105)(H,82,106)(H,83,107)(H,108,109)(H2,56,61,77)(H,66,73,78)(H,67,74,79)(H3,57,62,64,75)(H3,58,63,65,76)/p-5/t27?,28?,29?,30?,31?,32-,33-,34-,35-,36-,38-,39-,40-,41-,42-,99?,100?,101?,102?/m1/s1. The summed E-state index contributed by atoms with van der Waals surface area (Å²) in [5, 5.41) is 0. The van der Waals surface area contributed by atoms with Gasteiger partial charge in [0, 0.05) is 55.4 Å². The molecule has 20 atom stereocenters. The van der Waals surface area contributed by atoms with Crippen molar-refractivity contribution in [2.45, 2.75) is 166 Å². The molecular formula is C55H71N17O26P5S6-5. The molecular weight excluding hydrogens is 1660 g/mol. The second-order valence-electron chi connectivity index (χ2n) is 26.2. The van der Waals surface area contributed by atoms with E-state index in [2.05, 4.69) is 44.9 Å². The molecule has 0 aromatic carbocycles. The molecule has 5 aliphatic heterocycles. The highest BCUT2D eigenvalue weighted by Gasteiger charge is 2.47. The number of ether oxygens (including phenoxy) is 5. The number of imidazole rings is 2. The molecule has 43 nitrogen and oxygen atoms in total. The summed E-state index contributed by atoms with van der Waals surface area (Å²) < 4.78 is 111. The molecule has 0 spiro atoms. The Balaban J connectivity index is 0.758. The molecule has 7 aromatic heterocycles. The van der Waals surface area contributed by atoms with E-state index in [1.807, 2.05) is 13.8 Å². The number of rotatable bonds is 31. The van der Waals surface area contributed by atoms with Gasteiger partial charge in [-0.25, -0.2) is 24.4 Å². The molecule has 0 radical (unpaired) electrons. The number of hydrogen-bond donors (Lipinski definition) is 7. The van der Waals surface area contributed by atoms with Crippen LogP contribution in [0.1, 0.15) is 102 Å². The number of fused-ring (bicyclic) bond motifs is 2. The Morgan fingerprint density at radius 2 is 0.917 bits per heavy atom. The number of hydrogen-bond acceptors (Lipinski definition) is 40. The number of nitrogens with two attached hydrogens (primary N) is 3. The Labute approximate surface area is 645 Å². The van der Waals surface area contributed by atoms with Gasteiger partial charge in [-0.2, -0.15) is 15.0 Å². The average molecular weight is 1730 g/mol. The summed E-state index contributed by atoms with van der Waals surface area (Å²) in [5.41, 5.74) is 8.12. The van der Waals surface area contributed by atoms with Gasteiger partial charge < -0.3 is 125 Å². The van der Waals surface area contributed by atoms with Crippen LogP contribution in [-0.4, -0.2) is 162 Å². The van der Waals surface area contributed by atoms with Gasteiger partial charge in [0.2, 0.25) is 11.9 Å². The van der Waals surface area contributed by atoms with Gasteiger partial charge in [-0.05, 0) is 52.0 Å². The van der Waals surface area contributed by atoms with Crippen LogP contribution in [0, 0.1) is 25.7 Å². The monoisotopic (exact) mass is 1730 g/mol. The maximum absolute atomic E-state index is 14.7. The van der Waals surface area contributed by atoms with E-state index in [1.165, 1.54) is 64.9 Å². The summed E-state index contributed by atoms with van der Waals surface area (Å²) in [6.45, 7) is -11.6. The molecule has 5 aliphatic rings. The predicted molar refractivity (Wildman–Crippen MR) is 396 cm³/mol. The van der Waals surface area contributed by atoms with E-state index in [4.69, 9.17) is 158 Å². The van der Waals surface area contributed by atoms with Crippen LogP contribution in [0.15, 0.2) is 70.9 Å². The highest BCUT2D eigenvalue weighted by atomic mass is 32.9. The Hall–Kier alpha value is -4.85. The van der Waals surface area contributed by atoms with Crippen molar-refractivity contribution < 1.29 is 88.2 Å². The number of aromatic nitrogens is 14. The molecule has 10 unspecified atom stereocenters. The Bertz CT molecular complexity index is 5280. The highest BCUT2D eigenvalue weighted by Crippen LogP contribution is 2.56. The number of nitrogens with zero attached hydrogens (tertiary/aromatic N) is 10. The molecule has 5 fully saturated rings. The molecule has 12 rings (SSSR count). The maximum atomic E-state index is 14.7. The number of aromatic amines is 4. The van der Waals surface area contributed by atoms with Gasteiger partial charge in [-0.15, -0.1) is 0 Å². The van der Waals surface area contributed by atoms with Gasteiger partial charge in [-0.1, -0.05) is 61.1 Å². The van der Waals surface area contributed by atoms with Crippen LogP contribution in [0.3, 0.4) is 0 Å². The zero-order valence-electron chi connectivity index (χ0n) is 57.9. The molecule has 0 saturated carbocycles. The third-order valence-electron chi connectivity index (χ3n) is 17.8. The van der Waals surface area contributed by atoms with E-state index < -0.39 is 191 Å². The number of anilines is 3. The van der Waals surface area contributed by atoms with E-state index >= 15 is 0 Å². The summed E-state index contributed by atoms with van der Waals surface area (Å²) in [6, 6.07) is 1.44. The van der Waals surface area contributed by atoms with Gasteiger partial charge in [0.05, 0.1) is 88.0 Å². The van der Waals surface area contributed by atoms with Crippen LogP contribution >= 0.6 is 32.6 Å². The third-order valence-corrected chi connectivity index (χ3v) is 26.4. The zero-order chi connectivity index (χ0) is 78.7. The molecule has 0 amide bonds. The minimum atomic E-state index is -4.88. The van der Waals surface area contributed by atoms with Crippen molar-refractivity contribution in [1.29, 1.82) is 0 Å². The molecule has 109 heavy (non-hydrogen) atoms. The van der Waals surface area contributed by atoms with Gasteiger partial charge in [0.25, 0.3) is 22.2 Å². The predicted octanol–water partition coefficient (Wildman–Crippen LogP) is -0.0872. The van der Waals surface area contributed by atoms with Gasteiger partial charge in [-0.3, -0.25) is 66.5 Å². The van der Waals surface area contributed by atoms with Crippen molar-refractivity contribution in [3.05, 3.63) is 121 Å². The lowest BCUT2D eigenvalue weighted by atomic mass is 9.89. The highest BCUT2D eigenvalue weighted by molar-refractivity contribution is 8.51. The van der Waals surface area contributed by atoms with Crippen LogP contribution < -0.4 is 71.2 Å². The SMILES string of the molecule is Cc1cn([C@H]2CC(OP([O-])(=S)OC[C@H]3O[C@@H](n4cnc5c(=O)[nH]c(N)nc54)CC3OP(=S)([S-])OC[C@H]3O[C@@H](n4cc(C)c(=O)[nH]c4=O)CC3OP([O-])(=S)OC[C@H]3O[C@@H](n4ccc(N)nc4=O)CC3C(C)C)[C@@H](COP(=O)([S-])OC3C[C@H](n4cnc5c(=O)[nH]c(N)nc54)O[C@@H]3COP([O-])(=S)OC(C)C)O2)c(=O)[nH]c1=O. The van der Waals surface area contributed by atoms with Gasteiger partial charge in [0.1, 0.15) is 81.5 Å². The first kappa shape index (κ1) is 83.6. The summed E-state index contributed by atoms with van der Waals surface area (Å²) in [7, 11) is 0. The number of nitrogen functional groups attached to an aromatic ring is 3. The van der Waals surface area contributed by atoms with Gasteiger partial charge in [0.15, 0.2) is 29.1 Å². The van der Waals surface area contributed by atoms with E-state index in [1.54, 1.807) is 13.8 Å². The molecule has 54 heteroatoms. The number of nitrogens with one attached hydrogen (secondary N) is 4. The lowest BCUT2D eigenvalue weighted by molar-refractivity contribution is -0.216. The van der Waals surface area contributed by atoms with Gasteiger partial charge >= 0.3 is 17.1 Å². The first-order valence-corrected chi connectivity index (χ1v) is 46.9. The van der Waals surface area contributed by atoms with Crippen LogP contribution in [0.25, 0.3) is 22.3 Å². The van der Waals surface area contributed by atoms with E-state index in [9.17, 15) is 52.8 Å². The molecule has 598 valence electrons. The van der Waals surface area contributed by atoms with Crippen molar-refractivity contribution in [3.8, 4) is 0 Å². The van der Waals surface area contributed by atoms with Crippen molar-refractivity contribution >= 4 is 144 Å². The molecule has 12 heterocycles. The Kier molecular flexibility index (Phi) is 25.7. The van der Waals surface area contributed by atoms with Crippen LogP contribution in [0.5, 0.6) is 0 Å². The molecule has 0 aliphatic carbocycles. The van der Waals surface area contributed by atoms with Crippen molar-refractivity contribution in [3.63, 3.8) is 0 Å². The Morgan fingerprint density at radius 3 is 1.37 bits per heavy atom. The van der Waals surface area contributed by atoms with E-state index in [-0.39, 0.29) is 95.3 Å². The third kappa shape index (κ3) is 20.1. The van der Waals surface area contributed by atoms with E-state index in [0.29, 0.717) is 6.42 Å². The fraction of sp³-hybridized carbons (Fsp3) is 0.600. The topological polar surface area (TPSA) is 575 Å². The summed E-state index contributed by atoms with van der Waals surface area (Å²) in [6.07, 6.45) is -12.3. The second kappa shape index (κ2) is 33.5. The number of H-pyrrole nitrogens is 4.